The van der Waals surface area contributed by atoms with Crippen molar-refractivity contribution in [2.24, 2.45) is 11.8 Å². The SMILES string of the molecule is Cc1ccc(NC2CCN(CCC3CCC3CCO)CC2)cc1. The highest BCUT2D eigenvalue weighted by molar-refractivity contribution is 5.45. The van der Waals surface area contributed by atoms with E-state index in [-0.39, 0.29) is 0 Å². The molecule has 0 bridgehead atoms. The Labute approximate surface area is 141 Å². The molecule has 1 aromatic carbocycles. The lowest BCUT2D eigenvalue weighted by Crippen LogP contribution is -2.41. The fourth-order valence-electron chi connectivity index (χ4n) is 4.10. The Bertz CT molecular complexity index is 465. The number of aliphatic hydroxyl groups excluding tert-OH is 1. The van der Waals surface area contributed by atoms with Gasteiger partial charge in [0.25, 0.3) is 0 Å². The normalized spacial score (nSPS) is 26.0. The second kappa shape index (κ2) is 8.16. The molecule has 2 unspecified atom stereocenters. The van der Waals surface area contributed by atoms with Gasteiger partial charge in [0.05, 0.1) is 0 Å². The van der Waals surface area contributed by atoms with Gasteiger partial charge in [0.15, 0.2) is 0 Å². The summed E-state index contributed by atoms with van der Waals surface area (Å²) < 4.78 is 0. The molecular formula is C20H32N2O. The number of nitrogens with one attached hydrogen (secondary N) is 1. The lowest BCUT2D eigenvalue weighted by atomic mass is 9.70. The van der Waals surface area contributed by atoms with Crippen molar-refractivity contribution >= 4 is 5.69 Å². The van der Waals surface area contributed by atoms with Crippen molar-refractivity contribution in [2.75, 3.05) is 31.6 Å². The van der Waals surface area contributed by atoms with Crippen molar-refractivity contribution in [3.8, 4) is 0 Å². The van der Waals surface area contributed by atoms with Gasteiger partial charge in [-0.25, -0.2) is 0 Å². The number of benzene rings is 1. The Morgan fingerprint density at radius 2 is 1.65 bits per heavy atom. The van der Waals surface area contributed by atoms with Crippen LogP contribution < -0.4 is 5.32 Å². The van der Waals surface area contributed by atoms with E-state index in [1.54, 1.807) is 0 Å². The molecular weight excluding hydrogens is 284 g/mol. The lowest BCUT2D eigenvalue weighted by molar-refractivity contribution is 0.103. The van der Waals surface area contributed by atoms with Crippen LogP contribution in [0.1, 0.15) is 44.1 Å². The summed E-state index contributed by atoms with van der Waals surface area (Å²) in [7, 11) is 0. The predicted octanol–water partition coefficient (Wildman–Crippen LogP) is 3.67. The van der Waals surface area contributed by atoms with Crippen LogP contribution in [0.4, 0.5) is 5.69 Å². The summed E-state index contributed by atoms with van der Waals surface area (Å²) in [4.78, 5) is 2.64. The number of aryl methyl sites for hydroxylation is 1. The van der Waals surface area contributed by atoms with E-state index in [2.05, 4.69) is 41.4 Å². The summed E-state index contributed by atoms with van der Waals surface area (Å²) in [6.45, 7) is 6.21. The second-order valence-corrected chi connectivity index (χ2v) is 7.52. The van der Waals surface area contributed by atoms with E-state index >= 15 is 0 Å². The lowest BCUT2D eigenvalue weighted by Gasteiger charge is -2.39. The summed E-state index contributed by atoms with van der Waals surface area (Å²) in [5.74, 6) is 1.69. The van der Waals surface area contributed by atoms with Crippen LogP contribution in [0.2, 0.25) is 0 Å². The molecule has 1 aliphatic carbocycles. The summed E-state index contributed by atoms with van der Waals surface area (Å²) in [5, 5.41) is 12.8. The van der Waals surface area contributed by atoms with Gasteiger partial charge in [0, 0.05) is 31.4 Å². The molecule has 0 spiro atoms. The molecule has 3 rings (SSSR count). The summed E-state index contributed by atoms with van der Waals surface area (Å²) in [6.07, 6.45) is 7.58. The minimum atomic E-state index is 0.372. The van der Waals surface area contributed by atoms with Gasteiger partial charge in [-0.1, -0.05) is 17.7 Å². The van der Waals surface area contributed by atoms with Crippen LogP contribution in [-0.2, 0) is 0 Å². The van der Waals surface area contributed by atoms with E-state index in [0.29, 0.717) is 12.6 Å². The maximum absolute atomic E-state index is 9.08. The van der Waals surface area contributed by atoms with Gasteiger partial charge in [-0.2, -0.15) is 0 Å². The van der Waals surface area contributed by atoms with E-state index in [1.807, 2.05) is 0 Å². The molecule has 3 nitrogen and oxygen atoms in total. The Hall–Kier alpha value is -1.06. The Balaban J connectivity index is 1.34. The zero-order valence-electron chi connectivity index (χ0n) is 14.5. The molecule has 0 radical (unpaired) electrons. The average molecular weight is 316 g/mol. The Morgan fingerprint density at radius 1 is 1.00 bits per heavy atom. The van der Waals surface area contributed by atoms with Crippen molar-refractivity contribution in [1.29, 1.82) is 0 Å². The van der Waals surface area contributed by atoms with Gasteiger partial charge in [-0.05, 0) is 76.0 Å². The van der Waals surface area contributed by atoms with Crippen molar-refractivity contribution in [3.05, 3.63) is 29.8 Å². The van der Waals surface area contributed by atoms with E-state index in [0.717, 1.165) is 18.3 Å². The first-order valence-corrected chi connectivity index (χ1v) is 9.41. The van der Waals surface area contributed by atoms with Crippen molar-refractivity contribution in [3.63, 3.8) is 0 Å². The van der Waals surface area contributed by atoms with Gasteiger partial charge >= 0.3 is 0 Å². The Morgan fingerprint density at radius 3 is 2.26 bits per heavy atom. The van der Waals surface area contributed by atoms with E-state index < -0.39 is 0 Å². The number of piperidine rings is 1. The molecule has 0 aromatic heterocycles. The summed E-state index contributed by atoms with van der Waals surface area (Å²) >= 11 is 0. The maximum atomic E-state index is 9.08. The number of rotatable bonds is 7. The fourth-order valence-corrected chi connectivity index (χ4v) is 4.10. The van der Waals surface area contributed by atoms with Crippen LogP contribution in [0, 0.1) is 18.8 Å². The Kier molecular flexibility index (Phi) is 5.96. The number of aliphatic hydroxyl groups is 1. The molecule has 128 valence electrons. The molecule has 23 heavy (non-hydrogen) atoms. The largest absolute Gasteiger partial charge is 0.396 e. The van der Waals surface area contributed by atoms with Crippen LogP contribution in [0.3, 0.4) is 0 Å². The highest BCUT2D eigenvalue weighted by atomic mass is 16.3. The minimum Gasteiger partial charge on any atom is -0.396 e. The van der Waals surface area contributed by atoms with Gasteiger partial charge in [-0.15, -0.1) is 0 Å². The van der Waals surface area contributed by atoms with Crippen LogP contribution in [0.5, 0.6) is 0 Å². The van der Waals surface area contributed by atoms with Gasteiger partial charge < -0.3 is 15.3 Å². The summed E-state index contributed by atoms with van der Waals surface area (Å²) in [5.41, 5.74) is 2.58. The number of hydrogen-bond donors (Lipinski definition) is 2. The van der Waals surface area contributed by atoms with Crippen molar-refractivity contribution < 1.29 is 5.11 Å². The highest BCUT2D eigenvalue weighted by Gasteiger charge is 2.30. The molecule has 3 heteroatoms. The second-order valence-electron chi connectivity index (χ2n) is 7.52. The van der Waals surface area contributed by atoms with E-state index in [1.165, 1.54) is 63.0 Å². The quantitative estimate of drug-likeness (QED) is 0.805. The molecule has 0 amide bonds. The molecule has 1 heterocycles. The summed E-state index contributed by atoms with van der Waals surface area (Å²) in [6, 6.07) is 9.37. The molecule has 2 N–H and O–H groups in total. The molecule has 1 aliphatic heterocycles. The van der Waals surface area contributed by atoms with E-state index in [9.17, 15) is 0 Å². The first-order chi connectivity index (χ1) is 11.2. The molecule has 1 saturated carbocycles. The maximum Gasteiger partial charge on any atom is 0.0433 e. The van der Waals surface area contributed by atoms with Crippen LogP contribution >= 0.6 is 0 Å². The first-order valence-electron chi connectivity index (χ1n) is 9.41. The first kappa shape index (κ1) is 16.8. The third kappa shape index (κ3) is 4.71. The van der Waals surface area contributed by atoms with Crippen LogP contribution in [0.25, 0.3) is 0 Å². The molecule has 2 fully saturated rings. The third-order valence-electron chi connectivity index (χ3n) is 5.90. The average Bonchev–Trinajstić information content (AvgIpc) is 2.55. The van der Waals surface area contributed by atoms with Crippen molar-refractivity contribution in [2.45, 2.75) is 51.5 Å². The van der Waals surface area contributed by atoms with Gasteiger partial charge in [0.2, 0.25) is 0 Å². The smallest absolute Gasteiger partial charge is 0.0433 e. The molecule has 2 atom stereocenters. The number of hydrogen-bond acceptors (Lipinski definition) is 3. The number of anilines is 1. The van der Waals surface area contributed by atoms with Crippen molar-refractivity contribution in [1.82, 2.24) is 4.90 Å². The van der Waals surface area contributed by atoms with Gasteiger partial charge in [0.1, 0.15) is 0 Å². The van der Waals surface area contributed by atoms with Gasteiger partial charge in [-0.3, -0.25) is 0 Å². The predicted molar refractivity (Wildman–Crippen MR) is 96.8 cm³/mol. The number of likely N-dealkylation sites (tertiary alicyclic amines) is 1. The zero-order chi connectivity index (χ0) is 16.1. The van der Waals surface area contributed by atoms with Crippen LogP contribution in [-0.4, -0.2) is 42.3 Å². The molecule has 2 aliphatic rings. The number of nitrogens with zero attached hydrogens (tertiary/aromatic N) is 1. The molecule has 1 aromatic rings. The van der Waals surface area contributed by atoms with Crippen LogP contribution in [0.15, 0.2) is 24.3 Å². The highest BCUT2D eigenvalue weighted by Crippen LogP contribution is 2.39. The van der Waals surface area contributed by atoms with E-state index in [4.69, 9.17) is 5.11 Å². The monoisotopic (exact) mass is 316 g/mol. The third-order valence-corrected chi connectivity index (χ3v) is 5.90. The minimum absolute atomic E-state index is 0.372. The fraction of sp³-hybridized carbons (Fsp3) is 0.700. The standard InChI is InChI=1S/C20H32N2O/c1-16-2-6-19(7-3-16)21-20-9-13-22(14-10-20)12-8-17-4-5-18(17)11-15-23/h2-3,6-7,17-18,20-21,23H,4-5,8-15H2,1H3. The topological polar surface area (TPSA) is 35.5 Å². The molecule has 1 saturated heterocycles. The zero-order valence-corrected chi connectivity index (χ0v) is 14.5.